The Morgan fingerprint density at radius 1 is 0.865 bits per heavy atom. The highest BCUT2D eigenvalue weighted by Gasteiger charge is 2.40. The second-order valence-corrected chi connectivity index (χ2v) is 12.0. The lowest BCUT2D eigenvalue weighted by Crippen LogP contribution is -2.38. The van der Waals surface area contributed by atoms with Crippen molar-refractivity contribution in [3.05, 3.63) is 120 Å². The maximum Gasteiger partial charge on any atom is 0.330 e. The minimum absolute atomic E-state index is 0.0202. The topological polar surface area (TPSA) is 66.2 Å². The van der Waals surface area contributed by atoms with Crippen molar-refractivity contribution in [2.45, 2.75) is 31.1 Å². The third kappa shape index (κ3) is 5.91. The van der Waals surface area contributed by atoms with Crippen molar-refractivity contribution in [2.75, 3.05) is 25.6 Å². The van der Waals surface area contributed by atoms with E-state index in [1.165, 1.54) is 0 Å². The van der Waals surface area contributed by atoms with Crippen molar-refractivity contribution in [2.24, 2.45) is 0 Å². The summed E-state index contributed by atoms with van der Waals surface area (Å²) in [6.45, 7) is 4.32. The zero-order valence-electron chi connectivity index (χ0n) is 21.6. The molecule has 0 radical (unpaired) electrons. The molecule has 8 heteroatoms. The lowest BCUT2D eigenvalue weighted by Gasteiger charge is -2.36. The van der Waals surface area contributed by atoms with Crippen molar-refractivity contribution < 1.29 is 13.6 Å². The van der Waals surface area contributed by atoms with Gasteiger partial charge in [-0.3, -0.25) is 4.57 Å². The van der Waals surface area contributed by atoms with Crippen LogP contribution in [0.2, 0.25) is 0 Å². The molecule has 0 aliphatic heterocycles. The monoisotopic (exact) mass is 535 g/mol. The standard InChI is InChI=1S/C29H34N3O3PS/c1-4-34-36(33,5-2)35-22-21-27(37-3)28-30-23-32(31-28)29(24-15-9-6-10-16-24,25-17-11-7-12-18-25)26-19-13-8-14-20-26/h6-20,23,27H,4-5,21-22H2,1-3H3. The van der Waals surface area contributed by atoms with Crippen molar-refractivity contribution in [3.8, 4) is 0 Å². The van der Waals surface area contributed by atoms with Crippen molar-refractivity contribution in [3.63, 3.8) is 0 Å². The van der Waals surface area contributed by atoms with Crippen LogP contribution in [0.25, 0.3) is 0 Å². The van der Waals surface area contributed by atoms with Crippen molar-refractivity contribution in [1.29, 1.82) is 0 Å². The lowest BCUT2D eigenvalue weighted by atomic mass is 9.77. The molecule has 0 fully saturated rings. The van der Waals surface area contributed by atoms with E-state index in [9.17, 15) is 4.57 Å². The first-order valence-corrected chi connectivity index (χ1v) is 15.6. The van der Waals surface area contributed by atoms with Gasteiger partial charge in [0.05, 0.1) is 18.5 Å². The molecule has 0 saturated carbocycles. The lowest BCUT2D eigenvalue weighted by molar-refractivity contribution is 0.210. The van der Waals surface area contributed by atoms with E-state index in [0.29, 0.717) is 31.6 Å². The Kier molecular flexibility index (Phi) is 9.38. The summed E-state index contributed by atoms with van der Waals surface area (Å²) in [5, 5.41) is 5.06. The molecular weight excluding hydrogens is 501 g/mol. The van der Waals surface area contributed by atoms with Gasteiger partial charge in [-0.1, -0.05) is 97.9 Å². The average Bonchev–Trinajstić information content (AvgIpc) is 3.44. The number of aromatic nitrogens is 3. The zero-order chi connectivity index (χ0) is 26.1. The van der Waals surface area contributed by atoms with Gasteiger partial charge >= 0.3 is 7.60 Å². The molecule has 194 valence electrons. The van der Waals surface area contributed by atoms with Crippen LogP contribution < -0.4 is 0 Å². The van der Waals surface area contributed by atoms with Gasteiger partial charge in [0, 0.05) is 6.16 Å². The Bertz CT molecular complexity index is 1190. The van der Waals surface area contributed by atoms with Crippen molar-refractivity contribution >= 4 is 19.4 Å². The van der Waals surface area contributed by atoms with Crippen molar-refractivity contribution in [1.82, 2.24) is 14.8 Å². The Morgan fingerprint density at radius 2 is 1.38 bits per heavy atom. The summed E-state index contributed by atoms with van der Waals surface area (Å²) in [5.74, 6) is 0.714. The Morgan fingerprint density at radius 3 is 1.81 bits per heavy atom. The normalized spacial score (nSPS) is 14.2. The maximum absolute atomic E-state index is 12.7. The van der Waals surface area contributed by atoms with E-state index in [0.717, 1.165) is 16.7 Å². The van der Waals surface area contributed by atoms with Gasteiger partial charge in [-0.2, -0.15) is 16.9 Å². The number of hydrogen-bond donors (Lipinski definition) is 0. The van der Waals surface area contributed by atoms with Crippen LogP contribution in [0.15, 0.2) is 97.3 Å². The number of hydrogen-bond acceptors (Lipinski definition) is 6. The van der Waals surface area contributed by atoms with Crippen LogP contribution in [-0.4, -0.2) is 40.4 Å². The second kappa shape index (κ2) is 12.7. The van der Waals surface area contributed by atoms with Gasteiger partial charge < -0.3 is 9.05 Å². The summed E-state index contributed by atoms with van der Waals surface area (Å²) in [6, 6.07) is 31.2. The van der Waals surface area contributed by atoms with Gasteiger partial charge in [-0.15, -0.1) is 0 Å². The van der Waals surface area contributed by atoms with E-state index < -0.39 is 13.1 Å². The van der Waals surface area contributed by atoms with Gasteiger partial charge in [0.25, 0.3) is 0 Å². The number of benzene rings is 3. The van der Waals surface area contributed by atoms with Gasteiger partial charge in [0.15, 0.2) is 5.82 Å². The summed E-state index contributed by atoms with van der Waals surface area (Å²) in [5.41, 5.74) is 2.57. The third-order valence-corrected chi connectivity index (χ3v) is 9.40. The highest BCUT2D eigenvalue weighted by atomic mass is 32.2. The quantitative estimate of drug-likeness (QED) is 0.133. The summed E-state index contributed by atoms with van der Waals surface area (Å²) in [7, 11) is -3.06. The number of thioether (sulfide) groups is 1. The first-order chi connectivity index (χ1) is 18.1. The fourth-order valence-corrected chi connectivity index (χ4v) is 6.45. The van der Waals surface area contributed by atoms with Gasteiger partial charge in [-0.25, -0.2) is 9.67 Å². The molecule has 37 heavy (non-hydrogen) atoms. The molecule has 0 aliphatic rings. The molecule has 4 aromatic rings. The smallest absolute Gasteiger partial charge is 0.309 e. The predicted molar refractivity (Wildman–Crippen MR) is 151 cm³/mol. The first kappa shape index (κ1) is 27.3. The summed E-state index contributed by atoms with van der Waals surface area (Å²) in [6.07, 6.45) is 4.83. The van der Waals surface area contributed by atoms with Crippen LogP contribution in [0.5, 0.6) is 0 Å². The van der Waals surface area contributed by atoms with E-state index in [4.69, 9.17) is 19.1 Å². The fraction of sp³-hybridized carbons (Fsp3) is 0.310. The summed E-state index contributed by atoms with van der Waals surface area (Å²) < 4.78 is 25.8. The Balaban J connectivity index is 1.75. The van der Waals surface area contributed by atoms with E-state index in [1.54, 1.807) is 11.8 Å². The summed E-state index contributed by atoms with van der Waals surface area (Å²) in [4.78, 5) is 4.78. The minimum atomic E-state index is -3.06. The molecule has 0 bridgehead atoms. The molecule has 0 amide bonds. The highest BCUT2D eigenvalue weighted by Crippen LogP contribution is 2.48. The molecular formula is C29H34N3O3PS. The molecule has 1 heterocycles. The molecule has 2 unspecified atom stereocenters. The molecule has 2 atom stereocenters. The summed E-state index contributed by atoms with van der Waals surface area (Å²) >= 11 is 1.66. The predicted octanol–water partition coefficient (Wildman–Crippen LogP) is 7.18. The van der Waals surface area contributed by atoms with Crippen LogP contribution in [-0.2, 0) is 19.2 Å². The molecule has 0 saturated heterocycles. The minimum Gasteiger partial charge on any atom is -0.309 e. The maximum atomic E-state index is 12.7. The van der Waals surface area contributed by atoms with Crippen LogP contribution >= 0.6 is 19.4 Å². The molecule has 6 nitrogen and oxygen atoms in total. The Hall–Kier alpha value is -2.70. The van der Waals surface area contributed by atoms with Gasteiger partial charge in [0.2, 0.25) is 0 Å². The van der Waals surface area contributed by atoms with E-state index >= 15 is 0 Å². The Labute approximate surface area is 224 Å². The molecule has 4 rings (SSSR count). The van der Waals surface area contributed by atoms with E-state index in [-0.39, 0.29) is 5.25 Å². The molecule has 0 N–H and O–H groups in total. The van der Waals surface area contributed by atoms with E-state index in [1.807, 2.05) is 49.3 Å². The van der Waals surface area contributed by atoms with Gasteiger partial charge in [0.1, 0.15) is 11.9 Å². The number of rotatable bonds is 13. The molecule has 0 spiro atoms. The number of nitrogens with zero attached hydrogens (tertiary/aromatic N) is 3. The van der Waals surface area contributed by atoms with Crippen LogP contribution in [0.1, 0.15) is 48.0 Å². The van der Waals surface area contributed by atoms with Crippen LogP contribution in [0.3, 0.4) is 0 Å². The molecule has 3 aromatic carbocycles. The van der Waals surface area contributed by atoms with Crippen LogP contribution in [0, 0.1) is 0 Å². The fourth-order valence-electron chi connectivity index (χ4n) is 4.59. The average molecular weight is 536 g/mol. The first-order valence-electron chi connectivity index (χ1n) is 12.6. The highest BCUT2D eigenvalue weighted by molar-refractivity contribution is 7.98. The third-order valence-electron chi connectivity index (χ3n) is 6.38. The SMILES string of the molecule is CCOP(=O)(CC)OCCC(SC)c1ncn(C(c2ccccc2)(c2ccccc2)c2ccccc2)n1. The van der Waals surface area contributed by atoms with Crippen LogP contribution in [0.4, 0.5) is 0 Å². The largest absolute Gasteiger partial charge is 0.330 e. The zero-order valence-corrected chi connectivity index (χ0v) is 23.3. The second-order valence-electron chi connectivity index (χ2n) is 8.55. The molecule has 1 aromatic heterocycles. The van der Waals surface area contributed by atoms with Gasteiger partial charge in [-0.05, 0) is 36.3 Å². The van der Waals surface area contributed by atoms with E-state index in [2.05, 4.69) is 72.8 Å². The molecule has 0 aliphatic carbocycles.